The summed E-state index contributed by atoms with van der Waals surface area (Å²) in [6, 6.07) is 31.1. The molecule has 0 fully saturated rings. The predicted molar refractivity (Wildman–Crippen MR) is 132 cm³/mol. The van der Waals surface area contributed by atoms with Crippen LogP contribution in [0.3, 0.4) is 0 Å². The van der Waals surface area contributed by atoms with Crippen LogP contribution in [-0.4, -0.2) is 0 Å². The molecular formula is C30H28. The molecule has 148 valence electrons. The van der Waals surface area contributed by atoms with E-state index in [1.165, 1.54) is 69.1 Å². The zero-order valence-corrected chi connectivity index (χ0v) is 17.9. The lowest BCUT2D eigenvalue weighted by atomic mass is 9.86. The van der Waals surface area contributed by atoms with Crippen LogP contribution in [0.4, 0.5) is 0 Å². The van der Waals surface area contributed by atoms with Crippen LogP contribution >= 0.6 is 0 Å². The van der Waals surface area contributed by atoms with E-state index in [1.807, 2.05) is 0 Å². The number of fused-ring (bicyclic) bond motifs is 6. The van der Waals surface area contributed by atoms with Gasteiger partial charge in [0.2, 0.25) is 0 Å². The summed E-state index contributed by atoms with van der Waals surface area (Å²) in [5.74, 6) is 0. The van der Waals surface area contributed by atoms with Crippen LogP contribution in [0, 0.1) is 13.8 Å². The minimum Gasteiger partial charge on any atom is -0.0616 e. The summed E-state index contributed by atoms with van der Waals surface area (Å²) in [5.41, 5.74) is 5.83. The van der Waals surface area contributed by atoms with Gasteiger partial charge in [0.05, 0.1) is 0 Å². The molecule has 5 aromatic carbocycles. The van der Waals surface area contributed by atoms with Gasteiger partial charge in [0, 0.05) is 0 Å². The molecule has 0 radical (unpaired) electrons. The van der Waals surface area contributed by atoms with Gasteiger partial charge in [-0.1, -0.05) is 96.1 Å². The van der Waals surface area contributed by atoms with Crippen LogP contribution in [-0.2, 0) is 12.8 Å². The number of aryl methyl sites for hydroxylation is 4. The lowest BCUT2D eigenvalue weighted by Crippen LogP contribution is -2.02. The molecule has 0 nitrogen and oxygen atoms in total. The third-order valence-corrected chi connectivity index (χ3v) is 6.41. The van der Waals surface area contributed by atoms with Crippen molar-refractivity contribution in [3.63, 3.8) is 0 Å². The average Bonchev–Trinajstić information content (AvgIpc) is 2.79. The van der Waals surface area contributed by atoms with E-state index in [2.05, 4.69) is 98.8 Å². The van der Waals surface area contributed by atoms with E-state index in [0.29, 0.717) is 0 Å². The molecule has 0 aliphatic heterocycles. The maximum Gasteiger partial charge on any atom is -0.0102 e. The second kappa shape index (κ2) is 7.95. The van der Waals surface area contributed by atoms with Crippen molar-refractivity contribution in [1.82, 2.24) is 0 Å². The summed E-state index contributed by atoms with van der Waals surface area (Å²) in [6.07, 6.45) is 5.22. The molecule has 30 heavy (non-hydrogen) atoms. The van der Waals surface area contributed by atoms with Gasteiger partial charge in [0.15, 0.2) is 0 Å². The lowest BCUT2D eigenvalue weighted by molar-refractivity contribution is 0.690. The molecule has 0 aromatic heterocycles. The molecule has 0 spiro atoms. The topological polar surface area (TPSA) is 0 Å². The number of benzene rings is 5. The molecule has 0 heteroatoms. The van der Waals surface area contributed by atoms with Crippen LogP contribution in [0.15, 0.2) is 84.9 Å². The van der Waals surface area contributed by atoms with Crippen molar-refractivity contribution in [3.8, 4) is 0 Å². The minimum absolute atomic E-state index is 1.25. The highest BCUT2D eigenvalue weighted by Gasteiger charge is 2.13. The first-order chi connectivity index (χ1) is 14.7. The van der Waals surface area contributed by atoms with Crippen molar-refractivity contribution in [1.29, 1.82) is 0 Å². The van der Waals surface area contributed by atoms with E-state index < -0.39 is 0 Å². The maximum absolute atomic E-state index is 2.35. The highest BCUT2D eigenvalue weighted by molar-refractivity contribution is 6.08. The Labute approximate surface area is 179 Å². The molecule has 0 saturated heterocycles. The first kappa shape index (κ1) is 18.9. The molecule has 1 aliphatic rings. The van der Waals surface area contributed by atoms with Crippen molar-refractivity contribution >= 4 is 32.3 Å². The summed E-state index contributed by atoms with van der Waals surface area (Å²) in [4.78, 5) is 0. The Morgan fingerprint density at radius 2 is 1.17 bits per heavy atom. The van der Waals surface area contributed by atoms with Crippen molar-refractivity contribution in [2.24, 2.45) is 0 Å². The molecule has 5 aromatic rings. The van der Waals surface area contributed by atoms with Gasteiger partial charge in [0.25, 0.3) is 0 Å². The standard InChI is InChI=1S/C18H16.C12H12/c1-3-7-15-13(5-1)9-11-18-16-8-4-2-6-14(16)10-12-17(15)18;1-9-3-5-11-6-4-10(2)8-12(11)7-9/h1,3,5,7,9-12H,2,4,6,8H2;3-8H,1-2H3. The van der Waals surface area contributed by atoms with Crippen molar-refractivity contribution < 1.29 is 0 Å². The fraction of sp³-hybridized carbons (Fsp3) is 0.200. The third-order valence-electron chi connectivity index (χ3n) is 6.41. The second-order valence-corrected chi connectivity index (χ2v) is 8.65. The number of rotatable bonds is 0. The third kappa shape index (κ3) is 3.59. The molecule has 0 heterocycles. The van der Waals surface area contributed by atoms with E-state index in [4.69, 9.17) is 0 Å². The summed E-state index contributed by atoms with van der Waals surface area (Å²) in [5, 5.41) is 8.31. The summed E-state index contributed by atoms with van der Waals surface area (Å²) >= 11 is 0. The first-order valence-corrected chi connectivity index (χ1v) is 11.1. The molecule has 1 aliphatic carbocycles. The molecule has 0 amide bonds. The number of hydrogen-bond acceptors (Lipinski definition) is 0. The Bertz CT molecular complexity index is 1320. The van der Waals surface area contributed by atoms with Gasteiger partial charge in [-0.15, -0.1) is 0 Å². The lowest BCUT2D eigenvalue weighted by Gasteiger charge is -2.18. The van der Waals surface area contributed by atoms with Gasteiger partial charge in [-0.3, -0.25) is 0 Å². The predicted octanol–water partition coefficient (Wildman–Crippen LogP) is 8.33. The van der Waals surface area contributed by atoms with Crippen LogP contribution in [0.5, 0.6) is 0 Å². The Kier molecular flexibility index (Phi) is 5.01. The minimum atomic E-state index is 1.25. The Balaban J connectivity index is 0.000000140. The van der Waals surface area contributed by atoms with E-state index in [0.717, 1.165) is 0 Å². The average molecular weight is 389 g/mol. The maximum atomic E-state index is 2.35. The fourth-order valence-electron chi connectivity index (χ4n) is 4.83. The summed E-state index contributed by atoms with van der Waals surface area (Å²) in [7, 11) is 0. The molecule has 0 atom stereocenters. The van der Waals surface area contributed by atoms with Crippen LogP contribution in [0.2, 0.25) is 0 Å². The quantitative estimate of drug-likeness (QED) is 0.234. The van der Waals surface area contributed by atoms with Gasteiger partial charge in [-0.25, -0.2) is 0 Å². The Hall–Kier alpha value is -3.12. The monoisotopic (exact) mass is 388 g/mol. The normalized spacial score (nSPS) is 13.1. The Morgan fingerprint density at radius 1 is 0.500 bits per heavy atom. The zero-order chi connectivity index (χ0) is 20.5. The van der Waals surface area contributed by atoms with Gasteiger partial charge in [0.1, 0.15) is 0 Å². The molecule has 0 bridgehead atoms. The van der Waals surface area contributed by atoms with Crippen molar-refractivity contribution in [3.05, 3.63) is 107 Å². The molecule has 6 rings (SSSR count). The molecule has 0 N–H and O–H groups in total. The SMILES string of the molecule is Cc1ccc2ccc(C)cc2c1.c1ccc2c(c1)ccc1c3c(ccc12)CCCC3. The molecule has 0 unspecified atom stereocenters. The van der Waals surface area contributed by atoms with Gasteiger partial charge in [-0.2, -0.15) is 0 Å². The van der Waals surface area contributed by atoms with E-state index in [9.17, 15) is 0 Å². The van der Waals surface area contributed by atoms with Crippen molar-refractivity contribution in [2.45, 2.75) is 39.5 Å². The largest absolute Gasteiger partial charge is 0.0616 e. The summed E-state index contributed by atoms with van der Waals surface area (Å²) in [6.45, 7) is 4.25. The molecule has 0 saturated carbocycles. The van der Waals surface area contributed by atoms with E-state index in [1.54, 1.807) is 11.1 Å². The van der Waals surface area contributed by atoms with Gasteiger partial charge < -0.3 is 0 Å². The molecular weight excluding hydrogens is 360 g/mol. The zero-order valence-electron chi connectivity index (χ0n) is 17.9. The van der Waals surface area contributed by atoms with Gasteiger partial charge >= 0.3 is 0 Å². The second-order valence-electron chi connectivity index (χ2n) is 8.65. The van der Waals surface area contributed by atoms with Crippen LogP contribution in [0.25, 0.3) is 32.3 Å². The number of hydrogen-bond donors (Lipinski definition) is 0. The van der Waals surface area contributed by atoms with Gasteiger partial charge in [-0.05, 0) is 83.0 Å². The highest BCUT2D eigenvalue weighted by atomic mass is 14.2. The van der Waals surface area contributed by atoms with Crippen molar-refractivity contribution in [2.75, 3.05) is 0 Å². The first-order valence-electron chi connectivity index (χ1n) is 11.1. The van der Waals surface area contributed by atoms with E-state index in [-0.39, 0.29) is 0 Å². The van der Waals surface area contributed by atoms with Crippen LogP contribution < -0.4 is 0 Å². The fourth-order valence-corrected chi connectivity index (χ4v) is 4.83. The highest BCUT2D eigenvalue weighted by Crippen LogP contribution is 2.33. The van der Waals surface area contributed by atoms with Crippen LogP contribution in [0.1, 0.15) is 35.1 Å². The smallest absolute Gasteiger partial charge is 0.0102 e. The Morgan fingerprint density at radius 3 is 1.97 bits per heavy atom. The summed E-state index contributed by atoms with van der Waals surface area (Å²) < 4.78 is 0. The van der Waals surface area contributed by atoms with E-state index >= 15 is 0 Å².